The third kappa shape index (κ3) is 2.78. The maximum absolute atomic E-state index is 13.4. The molecule has 0 spiro atoms. The topological polar surface area (TPSA) is 26.3 Å². The van der Waals surface area contributed by atoms with Gasteiger partial charge in [0.2, 0.25) is 0 Å². The number of carbonyl (C=O) groups is 1. The molecule has 0 heterocycles. The van der Waals surface area contributed by atoms with Crippen LogP contribution in [0, 0.1) is 11.6 Å². The Morgan fingerprint density at radius 2 is 2.06 bits per heavy atom. The van der Waals surface area contributed by atoms with Crippen LogP contribution in [0.1, 0.15) is 31.7 Å². The lowest BCUT2D eigenvalue weighted by molar-refractivity contribution is -0.145. The summed E-state index contributed by atoms with van der Waals surface area (Å²) in [5.74, 6) is -2.50. The summed E-state index contributed by atoms with van der Waals surface area (Å²) in [6.45, 7) is 3.69. The minimum atomic E-state index is -0.708. The molecule has 0 aliphatic rings. The van der Waals surface area contributed by atoms with Crippen molar-refractivity contribution in [3.8, 4) is 0 Å². The third-order valence-electron chi connectivity index (χ3n) is 2.32. The van der Waals surface area contributed by atoms with Crippen LogP contribution in [0.3, 0.4) is 0 Å². The first-order valence-corrected chi connectivity index (χ1v) is 5.21. The summed E-state index contributed by atoms with van der Waals surface area (Å²) in [7, 11) is 0. The number of halogens is 2. The lowest BCUT2D eigenvalue weighted by Gasteiger charge is -2.14. The first-order chi connectivity index (χ1) is 7.60. The molecule has 0 amide bonds. The molecule has 0 aromatic heterocycles. The van der Waals surface area contributed by atoms with Crippen LogP contribution in [0.5, 0.6) is 0 Å². The van der Waals surface area contributed by atoms with E-state index < -0.39 is 23.5 Å². The molecule has 0 saturated heterocycles. The van der Waals surface area contributed by atoms with E-state index in [0.717, 1.165) is 12.1 Å². The summed E-state index contributed by atoms with van der Waals surface area (Å²) in [5.41, 5.74) is 0.183. The molecular weight excluding hydrogens is 214 g/mol. The van der Waals surface area contributed by atoms with Crippen LogP contribution >= 0.6 is 0 Å². The SMILES string of the molecule is CCOC(=O)C(CC)c1ccc(F)cc1F. The predicted molar refractivity (Wildman–Crippen MR) is 56.0 cm³/mol. The van der Waals surface area contributed by atoms with Crippen molar-refractivity contribution >= 4 is 5.97 Å². The first-order valence-electron chi connectivity index (χ1n) is 5.21. The van der Waals surface area contributed by atoms with Crippen LogP contribution < -0.4 is 0 Å². The molecule has 0 aliphatic heterocycles. The largest absolute Gasteiger partial charge is 0.466 e. The van der Waals surface area contributed by atoms with Crippen LogP contribution in [0.2, 0.25) is 0 Å². The van der Waals surface area contributed by atoms with Crippen LogP contribution in [-0.4, -0.2) is 12.6 Å². The Morgan fingerprint density at radius 1 is 1.38 bits per heavy atom. The zero-order chi connectivity index (χ0) is 12.1. The molecule has 1 rings (SSSR count). The van der Waals surface area contributed by atoms with E-state index in [1.54, 1.807) is 13.8 Å². The molecule has 1 aromatic carbocycles. The fraction of sp³-hybridized carbons (Fsp3) is 0.417. The number of carbonyl (C=O) groups excluding carboxylic acids is 1. The van der Waals surface area contributed by atoms with E-state index in [1.165, 1.54) is 6.07 Å². The summed E-state index contributed by atoms with van der Waals surface area (Å²) in [4.78, 5) is 11.5. The van der Waals surface area contributed by atoms with E-state index in [9.17, 15) is 13.6 Å². The maximum atomic E-state index is 13.4. The Morgan fingerprint density at radius 3 is 2.56 bits per heavy atom. The van der Waals surface area contributed by atoms with Gasteiger partial charge in [-0.05, 0) is 19.4 Å². The Hall–Kier alpha value is -1.45. The summed E-state index contributed by atoms with van der Waals surface area (Å²) >= 11 is 0. The second-order valence-corrected chi connectivity index (χ2v) is 3.38. The van der Waals surface area contributed by atoms with Gasteiger partial charge in [-0.15, -0.1) is 0 Å². The maximum Gasteiger partial charge on any atom is 0.313 e. The molecule has 1 atom stereocenters. The molecule has 0 aliphatic carbocycles. The fourth-order valence-electron chi connectivity index (χ4n) is 1.54. The molecule has 0 bridgehead atoms. The zero-order valence-corrected chi connectivity index (χ0v) is 9.30. The van der Waals surface area contributed by atoms with E-state index in [-0.39, 0.29) is 12.2 Å². The van der Waals surface area contributed by atoms with Gasteiger partial charge in [0, 0.05) is 11.6 Å². The summed E-state index contributed by atoms with van der Waals surface area (Å²) < 4.78 is 31.0. The highest BCUT2D eigenvalue weighted by Crippen LogP contribution is 2.24. The molecule has 16 heavy (non-hydrogen) atoms. The predicted octanol–water partition coefficient (Wildman–Crippen LogP) is 3.02. The number of esters is 1. The normalized spacial score (nSPS) is 12.2. The number of ether oxygens (including phenoxy) is 1. The minimum absolute atomic E-state index is 0.183. The first kappa shape index (κ1) is 12.6. The average molecular weight is 228 g/mol. The highest BCUT2D eigenvalue weighted by molar-refractivity contribution is 5.78. The van der Waals surface area contributed by atoms with Crippen LogP contribution in [0.4, 0.5) is 8.78 Å². The fourth-order valence-corrected chi connectivity index (χ4v) is 1.54. The van der Waals surface area contributed by atoms with Gasteiger partial charge in [-0.3, -0.25) is 4.79 Å². The van der Waals surface area contributed by atoms with E-state index in [2.05, 4.69) is 0 Å². The Labute approximate surface area is 93.2 Å². The van der Waals surface area contributed by atoms with Crippen LogP contribution in [-0.2, 0) is 9.53 Å². The van der Waals surface area contributed by atoms with E-state index in [0.29, 0.717) is 6.42 Å². The summed E-state index contributed by atoms with van der Waals surface area (Å²) in [6, 6.07) is 3.20. The Balaban J connectivity index is 2.99. The van der Waals surface area contributed by atoms with Gasteiger partial charge < -0.3 is 4.74 Å². The molecule has 1 unspecified atom stereocenters. The summed E-state index contributed by atoms with van der Waals surface area (Å²) in [6.07, 6.45) is 0.418. The van der Waals surface area contributed by atoms with Crippen molar-refractivity contribution in [1.82, 2.24) is 0 Å². The van der Waals surface area contributed by atoms with Gasteiger partial charge >= 0.3 is 5.97 Å². The number of rotatable bonds is 4. The highest BCUT2D eigenvalue weighted by atomic mass is 19.1. The van der Waals surface area contributed by atoms with Gasteiger partial charge in [0.1, 0.15) is 11.6 Å². The van der Waals surface area contributed by atoms with Crippen molar-refractivity contribution in [3.63, 3.8) is 0 Å². The molecule has 0 radical (unpaired) electrons. The van der Waals surface area contributed by atoms with Gasteiger partial charge in [0.25, 0.3) is 0 Å². The standard InChI is InChI=1S/C12H14F2O2/c1-3-9(12(15)16-4-2)10-6-5-8(13)7-11(10)14/h5-7,9H,3-4H2,1-2H3. The van der Waals surface area contributed by atoms with Gasteiger partial charge in [-0.1, -0.05) is 13.0 Å². The van der Waals surface area contributed by atoms with Gasteiger partial charge in [0.15, 0.2) is 0 Å². The van der Waals surface area contributed by atoms with E-state index >= 15 is 0 Å². The molecule has 0 fully saturated rings. The molecule has 2 nitrogen and oxygen atoms in total. The lowest BCUT2D eigenvalue weighted by Crippen LogP contribution is -2.16. The highest BCUT2D eigenvalue weighted by Gasteiger charge is 2.23. The quantitative estimate of drug-likeness (QED) is 0.740. The van der Waals surface area contributed by atoms with Crippen molar-refractivity contribution in [2.75, 3.05) is 6.61 Å². The molecule has 1 aromatic rings. The van der Waals surface area contributed by atoms with Crippen molar-refractivity contribution < 1.29 is 18.3 Å². The van der Waals surface area contributed by atoms with Gasteiger partial charge in [-0.25, -0.2) is 8.78 Å². The number of benzene rings is 1. The monoisotopic (exact) mass is 228 g/mol. The van der Waals surface area contributed by atoms with Crippen molar-refractivity contribution in [3.05, 3.63) is 35.4 Å². The lowest BCUT2D eigenvalue weighted by atomic mass is 9.96. The molecular formula is C12H14F2O2. The van der Waals surface area contributed by atoms with Crippen molar-refractivity contribution in [1.29, 1.82) is 0 Å². The second-order valence-electron chi connectivity index (χ2n) is 3.38. The molecule has 4 heteroatoms. The van der Waals surface area contributed by atoms with E-state index in [1.807, 2.05) is 0 Å². The van der Waals surface area contributed by atoms with Gasteiger partial charge in [-0.2, -0.15) is 0 Å². The Kier molecular flexibility index (Phi) is 4.40. The van der Waals surface area contributed by atoms with Crippen LogP contribution in [0.15, 0.2) is 18.2 Å². The zero-order valence-electron chi connectivity index (χ0n) is 9.30. The number of hydrogen-bond donors (Lipinski definition) is 0. The third-order valence-corrected chi connectivity index (χ3v) is 2.32. The smallest absolute Gasteiger partial charge is 0.313 e. The molecule has 88 valence electrons. The second kappa shape index (κ2) is 5.58. The molecule has 0 saturated carbocycles. The average Bonchev–Trinajstić information content (AvgIpc) is 2.22. The Bertz CT molecular complexity index is 377. The number of hydrogen-bond acceptors (Lipinski definition) is 2. The van der Waals surface area contributed by atoms with Crippen molar-refractivity contribution in [2.24, 2.45) is 0 Å². The van der Waals surface area contributed by atoms with Crippen molar-refractivity contribution in [2.45, 2.75) is 26.2 Å². The summed E-state index contributed by atoms with van der Waals surface area (Å²) in [5, 5.41) is 0. The van der Waals surface area contributed by atoms with Gasteiger partial charge in [0.05, 0.1) is 12.5 Å². The van der Waals surface area contributed by atoms with E-state index in [4.69, 9.17) is 4.74 Å². The molecule has 0 N–H and O–H groups in total. The van der Waals surface area contributed by atoms with Crippen LogP contribution in [0.25, 0.3) is 0 Å². The minimum Gasteiger partial charge on any atom is -0.466 e.